The van der Waals surface area contributed by atoms with Gasteiger partial charge in [0.2, 0.25) is 5.91 Å². The van der Waals surface area contributed by atoms with E-state index in [0.29, 0.717) is 0 Å². The van der Waals surface area contributed by atoms with Crippen molar-refractivity contribution >= 4 is 23.8 Å². The molecule has 0 radical (unpaired) electrons. The zero-order chi connectivity index (χ0) is 17.7. The summed E-state index contributed by atoms with van der Waals surface area (Å²) in [6.07, 6.45) is -0.0123. The molecule has 24 heavy (non-hydrogen) atoms. The monoisotopic (exact) mass is 349 g/mol. The Kier molecular flexibility index (Phi) is 6.45. The van der Waals surface area contributed by atoms with E-state index in [1.54, 1.807) is 18.4 Å². The Labute approximate surface area is 146 Å². The van der Waals surface area contributed by atoms with Crippen LogP contribution in [0.3, 0.4) is 0 Å². The summed E-state index contributed by atoms with van der Waals surface area (Å²) in [6, 6.07) is 9.45. The fourth-order valence-corrected chi connectivity index (χ4v) is 3.12. The molecule has 2 rings (SSSR count). The minimum Gasteiger partial charge on any atom is -0.447 e. The van der Waals surface area contributed by atoms with Crippen molar-refractivity contribution in [3.05, 3.63) is 41.8 Å². The fourth-order valence-electron chi connectivity index (χ4n) is 2.41. The molecule has 0 bridgehead atoms. The number of hydrogen-bond acceptors (Lipinski definition) is 5. The molecule has 1 aliphatic heterocycles. The summed E-state index contributed by atoms with van der Waals surface area (Å²) >= 11 is 1.46. The second-order valence-corrected chi connectivity index (χ2v) is 7.11. The Bertz CT molecular complexity index is 602. The summed E-state index contributed by atoms with van der Waals surface area (Å²) in [6.45, 7) is 5.70. The first kappa shape index (κ1) is 18.5. The third-order valence-corrected chi connectivity index (χ3v) is 4.88. The molecule has 0 aromatic heterocycles. The fraction of sp³-hybridized carbons (Fsp3) is 0.444. The van der Waals surface area contributed by atoms with Gasteiger partial charge in [-0.1, -0.05) is 50.7 Å². The largest absolute Gasteiger partial charge is 0.447 e. The number of cyclic esters (lactones) is 1. The van der Waals surface area contributed by atoms with Crippen molar-refractivity contribution < 1.29 is 19.4 Å². The lowest BCUT2D eigenvalue weighted by Gasteiger charge is -2.26. The Balaban J connectivity index is 1.97. The van der Waals surface area contributed by atoms with Crippen LogP contribution in [0.2, 0.25) is 0 Å². The maximum atomic E-state index is 12.6. The molecule has 0 saturated carbocycles. The molecule has 1 aromatic carbocycles. The van der Waals surface area contributed by atoms with Gasteiger partial charge in [0.05, 0.1) is 18.1 Å². The number of rotatable bonds is 6. The molecule has 3 atom stereocenters. The van der Waals surface area contributed by atoms with Crippen LogP contribution >= 0.6 is 11.8 Å². The van der Waals surface area contributed by atoms with Crippen LogP contribution < -0.4 is 0 Å². The van der Waals surface area contributed by atoms with Crippen molar-refractivity contribution in [3.63, 3.8) is 0 Å². The van der Waals surface area contributed by atoms with Gasteiger partial charge in [-0.2, -0.15) is 0 Å². The highest BCUT2D eigenvalue weighted by atomic mass is 32.2. The molecule has 5 nitrogen and oxygen atoms in total. The quantitative estimate of drug-likeness (QED) is 0.798. The number of ether oxygens (including phenoxy) is 1. The minimum absolute atomic E-state index is 0.105. The van der Waals surface area contributed by atoms with Crippen LogP contribution in [0.5, 0.6) is 0 Å². The lowest BCUT2D eigenvalue weighted by atomic mass is 9.99. The van der Waals surface area contributed by atoms with Gasteiger partial charge in [0.15, 0.2) is 0 Å². The zero-order valence-electron chi connectivity index (χ0n) is 14.1. The van der Waals surface area contributed by atoms with Gasteiger partial charge in [-0.25, -0.2) is 9.69 Å². The Morgan fingerprint density at radius 1 is 1.33 bits per heavy atom. The highest BCUT2D eigenvalue weighted by molar-refractivity contribution is 8.02. The maximum Gasteiger partial charge on any atom is 0.416 e. The van der Waals surface area contributed by atoms with Crippen molar-refractivity contribution in [2.45, 2.75) is 37.8 Å². The molecule has 1 aliphatic rings. The summed E-state index contributed by atoms with van der Waals surface area (Å²) in [5.74, 6) is -1.02. The van der Waals surface area contributed by atoms with Gasteiger partial charge >= 0.3 is 6.09 Å². The van der Waals surface area contributed by atoms with E-state index in [1.807, 2.05) is 44.2 Å². The minimum atomic E-state index is -0.963. The second kappa shape index (κ2) is 8.35. The van der Waals surface area contributed by atoms with E-state index in [4.69, 9.17) is 4.74 Å². The van der Waals surface area contributed by atoms with E-state index in [9.17, 15) is 14.7 Å². The molecule has 2 amide bonds. The second-order valence-electron chi connectivity index (χ2n) is 6.14. The first-order valence-electron chi connectivity index (χ1n) is 7.98. The van der Waals surface area contributed by atoms with Crippen LogP contribution in [0.15, 0.2) is 46.7 Å². The highest BCUT2D eigenvalue weighted by Crippen LogP contribution is 2.24. The number of carbonyl (C=O) groups is 2. The van der Waals surface area contributed by atoms with Crippen molar-refractivity contribution in [2.24, 2.45) is 11.8 Å². The van der Waals surface area contributed by atoms with E-state index >= 15 is 0 Å². The molecule has 0 spiro atoms. The van der Waals surface area contributed by atoms with E-state index in [2.05, 4.69) is 0 Å². The van der Waals surface area contributed by atoms with Crippen molar-refractivity contribution in [3.8, 4) is 0 Å². The number of amides is 2. The summed E-state index contributed by atoms with van der Waals surface area (Å²) in [7, 11) is 0. The Hall–Kier alpha value is -1.79. The van der Waals surface area contributed by atoms with Crippen molar-refractivity contribution in [1.82, 2.24) is 4.90 Å². The number of carbonyl (C=O) groups excluding carboxylic acids is 2. The highest BCUT2D eigenvalue weighted by Gasteiger charge is 2.42. The number of aliphatic hydroxyl groups is 1. The first-order chi connectivity index (χ1) is 11.4. The molecule has 1 N–H and O–H groups in total. The van der Waals surface area contributed by atoms with Crippen LogP contribution in [-0.4, -0.2) is 40.8 Å². The number of thioether (sulfide) groups is 1. The van der Waals surface area contributed by atoms with Crippen molar-refractivity contribution in [1.29, 1.82) is 0 Å². The molecule has 1 aromatic rings. The van der Waals surface area contributed by atoms with E-state index < -0.39 is 24.0 Å². The van der Waals surface area contributed by atoms with Crippen LogP contribution in [-0.2, 0) is 9.53 Å². The van der Waals surface area contributed by atoms with Gasteiger partial charge in [0.25, 0.3) is 0 Å². The molecule has 1 saturated heterocycles. The molecule has 1 fully saturated rings. The molecule has 0 aliphatic carbocycles. The smallest absolute Gasteiger partial charge is 0.416 e. The van der Waals surface area contributed by atoms with E-state index in [1.165, 1.54) is 11.8 Å². The van der Waals surface area contributed by atoms with Crippen molar-refractivity contribution in [2.75, 3.05) is 6.61 Å². The number of benzene rings is 1. The number of imide groups is 1. The van der Waals surface area contributed by atoms with Gasteiger partial charge in [-0.15, -0.1) is 0 Å². The molecule has 130 valence electrons. The average Bonchev–Trinajstić information content (AvgIpc) is 2.96. The van der Waals surface area contributed by atoms with Crippen LogP contribution in [0, 0.1) is 11.8 Å². The molecular formula is C18H23NO4S. The molecule has 0 unspecified atom stereocenters. The summed E-state index contributed by atoms with van der Waals surface area (Å²) < 4.78 is 4.99. The number of aliphatic hydroxyl groups excluding tert-OH is 1. The van der Waals surface area contributed by atoms with Crippen LogP contribution in [0.4, 0.5) is 4.79 Å². The van der Waals surface area contributed by atoms with Gasteiger partial charge in [0.1, 0.15) is 6.61 Å². The molecular weight excluding hydrogens is 326 g/mol. The lowest BCUT2D eigenvalue weighted by Crippen LogP contribution is -2.46. The van der Waals surface area contributed by atoms with Gasteiger partial charge in [-0.05, 0) is 29.5 Å². The molecule has 6 heteroatoms. The number of hydrogen-bond donors (Lipinski definition) is 1. The average molecular weight is 349 g/mol. The predicted molar refractivity (Wildman–Crippen MR) is 93.4 cm³/mol. The third kappa shape index (κ3) is 4.39. The van der Waals surface area contributed by atoms with Crippen LogP contribution in [0.25, 0.3) is 0 Å². The molecule has 1 heterocycles. The topological polar surface area (TPSA) is 66.8 Å². The standard InChI is InChI=1S/C18H23NO4S/c1-12(2)15-11-23-18(22)19(15)17(21)13(3)16(20)9-10-24-14-7-5-4-6-8-14/h4-10,12-13,15-16,20H,11H2,1-3H3/b10-9+/t13-,15-,16+/m1/s1. The van der Waals surface area contributed by atoms with Gasteiger partial charge in [0, 0.05) is 4.90 Å². The number of nitrogens with zero attached hydrogens (tertiary/aromatic N) is 1. The van der Waals surface area contributed by atoms with Gasteiger partial charge in [-0.3, -0.25) is 4.79 Å². The maximum absolute atomic E-state index is 12.6. The third-order valence-electron chi connectivity index (χ3n) is 4.04. The SMILES string of the molecule is CC(C)[C@H]1COC(=O)N1C(=O)[C@H](C)[C@@H](O)/C=C/Sc1ccccc1. The van der Waals surface area contributed by atoms with Gasteiger partial charge < -0.3 is 9.84 Å². The van der Waals surface area contributed by atoms with Crippen LogP contribution in [0.1, 0.15) is 20.8 Å². The summed E-state index contributed by atoms with van der Waals surface area (Å²) in [4.78, 5) is 26.6. The van der Waals surface area contributed by atoms with E-state index in [0.717, 1.165) is 9.80 Å². The zero-order valence-corrected chi connectivity index (χ0v) is 14.9. The summed E-state index contributed by atoms with van der Waals surface area (Å²) in [5, 5.41) is 12.0. The summed E-state index contributed by atoms with van der Waals surface area (Å²) in [5.41, 5.74) is 0. The Morgan fingerprint density at radius 2 is 2.00 bits per heavy atom. The lowest BCUT2D eigenvalue weighted by molar-refractivity contribution is -0.136. The predicted octanol–water partition coefficient (Wildman–Crippen LogP) is 3.29. The first-order valence-corrected chi connectivity index (χ1v) is 8.86. The Morgan fingerprint density at radius 3 is 2.62 bits per heavy atom. The van der Waals surface area contributed by atoms with E-state index in [-0.39, 0.29) is 18.6 Å². The normalized spacial score (nSPS) is 20.5.